The van der Waals surface area contributed by atoms with E-state index in [0.717, 1.165) is 0 Å². The third-order valence-electron chi connectivity index (χ3n) is 3.49. The summed E-state index contributed by atoms with van der Waals surface area (Å²) in [7, 11) is 0. The number of rotatable bonds is 7. The Balaban J connectivity index is 1.53. The largest absolute Gasteiger partial charge is 0.492 e. The zero-order valence-corrected chi connectivity index (χ0v) is 14.9. The van der Waals surface area contributed by atoms with Crippen molar-refractivity contribution in [1.82, 2.24) is 10.1 Å². The van der Waals surface area contributed by atoms with Crippen LogP contribution in [0.2, 0.25) is 10.0 Å². The average molecular weight is 394 g/mol. The van der Waals surface area contributed by atoms with Gasteiger partial charge in [-0.2, -0.15) is 4.98 Å². The number of nitro benzene ring substituents is 1. The molecule has 0 saturated carbocycles. The summed E-state index contributed by atoms with van der Waals surface area (Å²) in [5, 5.41) is 15.6. The minimum atomic E-state index is -0.460. The smallest absolute Gasteiger partial charge is 0.269 e. The van der Waals surface area contributed by atoms with Crippen molar-refractivity contribution in [2.75, 3.05) is 6.61 Å². The summed E-state index contributed by atoms with van der Waals surface area (Å²) in [5.41, 5.74) is 0.658. The van der Waals surface area contributed by atoms with Gasteiger partial charge in [0.25, 0.3) is 5.69 Å². The van der Waals surface area contributed by atoms with Crippen LogP contribution >= 0.6 is 23.2 Å². The second-order valence-corrected chi connectivity index (χ2v) is 6.19. The summed E-state index contributed by atoms with van der Waals surface area (Å²) in [5.74, 6) is 1.41. The molecule has 0 amide bonds. The molecule has 7 nitrogen and oxygen atoms in total. The summed E-state index contributed by atoms with van der Waals surface area (Å²) in [6.07, 6.45) is 1.19. The Bertz CT molecular complexity index is 913. The van der Waals surface area contributed by atoms with E-state index in [1.54, 1.807) is 30.3 Å². The molecule has 1 aromatic heterocycles. The Morgan fingerprint density at radius 2 is 1.92 bits per heavy atom. The summed E-state index contributed by atoms with van der Waals surface area (Å²) in [6, 6.07) is 11.0. The molecule has 0 N–H and O–H groups in total. The van der Waals surface area contributed by atoms with Gasteiger partial charge in [0.15, 0.2) is 0 Å². The number of aromatic nitrogens is 2. The maximum atomic E-state index is 10.7. The van der Waals surface area contributed by atoms with Crippen LogP contribution in [0.25, 0.3) is 11.4 Å². The highest BCUT2D eigenvalue weighted by molar-refractivity contribution is 6.35. The zero-order chi connectivity index (χ0) is 18.5. The van der Waals surface area contributed by atoms with Gasteiger partial charge in [-0.25, -0.2) is 0 Å². The quantitative estimate of drug-likeness (QED) is 0.319. The van der Waals surface area contributed by atoms with Crippen molar-refractivity contribution in [3.63, 3.8) is 0 Å². The van der Waals surface area contributed by atoms with Crippen molar-refractivity contribution in [3.05, 3.63) is 68.5 Å². The molecule has 134 valence electrons. The van der Waals surface area contributed by atoms with E-state index in [4.69, 9.17) is 32.5 Å². The van der Waals surface area contributed by atoms with Gasteiger partial charge in [0.2, 0.25) is 11.7 Å². The monoisotopic (exact) mass is 393 g/mol. The molecule has 0 fully saturated rings. The van der Waals surface area contributed by atoms with Crippen LogP contribution in [-0.4, -0.2) is 21.7 Å². The van der Waals surface area contributed by atoms with Gasteiger partial charge in [0.1, 0.15) is 5.75 Å². The maximum absolute atomic E-state index is 10.7. The normalized spacial score (nSPS) is 10.7. The highest BCUT2D eigenvalue weighted by atomic mass is 35.5. The number of non-ortho nitro benzene ring substituents is 1. The van der Waals surface area contributed by atoms with Crippen LogP contribution in [0, 0.1) is 10.1 Å². The Morgan fingerprint density at radius 3 is 2.62 bits per heavy atom. The molecule has 26 heavy (non-hydrogen) atoms. The highest BCUT2D eigenvalue weighted by Crippen LogP contribution is 2.27. The fraction of sp³-hybridized carbons (Fsp3) is 0.176. The molecule has 0 radical (unpaired) electrons. The standard InChI is InChI=1S/C17H13Cl2N3O4/c18-12-5-8-15(14(19)10-12)25-9-1-2-16-20-17(21-26-16)11-3-6-13(7-4-11)22(23)24/h3-8,10H,1-2,9H2. The summed E-state index contributed by atoms with van der Waals surface area (Å²) < 4.78 is 10.8. The molecule has 0 aliphatic rings. The molecule has 0 atom stereocenters. The van der Waals surface area contributed by atoms with Gasteiger partial charge in [-0.05, 0) is 36.8 Å². The van der Waals surface area contributed by atoms with E-state index in [9.17, 15) is 10.1 Å². The second kappa shape index (κ2) is 8.16. The van der Waals surface area contributed by atoms with Gasteiger partial charge in [0, 0.05) is 29.1 Å². The van der Waals surface area contributed by atoms with Crippen molar-refractivity contribution < 1.29 is 14.2 Å². The highest BCUT2D eigenvalue weighted by Gasteiger charge is 2.11. The molecule has 9 heteroatoms. The zero-order valence-electron chi connectivity index (χ0n) is 13.4. The lowest BCUT2D eigenvalue weighted by Crippen LogP contribution is -2.00. The molecule has 3 aromatic rings. The molecule has 0 aliphatic carbocycles. The van der Waals surface area contributed by atoms with Crippen LogP contribution in [0.5, 0.6) is 5.75 Å². The van der Waals surface area contributed by atoms with Gasteiger partial charge in [-0.1, -0.05) is 28.4 Å². The lowest BCUT2D eigenvalue weighted by Gasteiger charge is -2.07. The second-order valence-electron chi connectivity index (χ2n) is 5.34. The molecule has 0 spiro atoms. The maximum Gasteiger partial charge on any atom is 0.269 e. The van der Waals surface area contributed by atoms with Crippen molar-refractivity contribution in [2.24, 2.45) is 0 Å². The molecular weight excluding hydrogens is 381 g/mol. The van der Waals surface area contributed by atoms with E-state index in [2.05, 4.69) is 10.1 Å². The number of benzene rings is 2. The topological polar surface area (TPSA) is 91.3 Å². The number of halogens is 2. The molecule has 2 aromatic carbocycles. The third-order valence-corrected chi connectivity index (χ3v) is 4.02. The fourth-order valence-corrected chi connectivity index (χ4v) is 2.67. The van der Waals surface area contributed by atoms with Gasteiger partial charge in [-0.15, -0.1) is 0 Å². The minimum Gasteiger partial charge on any atom is -0.492 e. The third kappa shape index (κ3) is 4.50. The number of hydrogen-bond donors (Lipinski definition) is 0. The van der Waals surface area contributed by atoms with Crippen LogP contribution in [0.15, 0.2) is 47.0 Å². The SMILES string of the molecule is O=[N+]([O-])c1ccc(-c2noc(CCCOc3ccc(Cl)cc3Cl)n2)cc1. The van der Waals surface area contributed by atoms with Crippen molar-refractivity contribution in [3.8, 4) is 17.1 Å². The number of ether oxygens (including phenoxy) is 1. The molecule has 1 heterocycles. The van der Waals surface area contributed by atoms with Crippen LogP contribution in [-0.2, 0) is 6.42 Å². The minimum absolute atomic E-state index is 0.00970. The number of hydrogen-bond acceptors (Lipinski definition) is 6. The first kappa shape index (κ1) is 18.2. The first-order valence-electron chi connectivity index (χ1n) is 7.68. The van der Waals surface area contributed by atoms with E-state index >= 15 is 0 Å². The summed E-state index contributed by atoms with van der Waals surface area (Å²) in [6.45, 7) is 0.427. The predicted octanol–water partition coefficient (Wildman–Crippen LogP) is 4.96. The van der Waals surface area contributed by atoms with Crippen LogP contribution in [0.1, 0.15) is 12.3 Å². The first-order chi connectivity index (χ1) is 12.5. The molecule has 3 rings (SSSR count). The van der Waals surface area contributed by atoms with E-state index < -0.39 is 4.92 Å². The summed E-state index contributed by atoms with van der Waals surface area (Å²) >= 11 is 11.9. The lowest BCUT2D eigenvalue weighted by atomic mass is 10.2. The molecular formula is C17H13Cl2N3O4. The molecule has 0 bridgehead atoms. The Labute approximate surface area is 158 Å². The van der Waals surface area contributed by atoms with Gasteiger partial charge in [0.05, 0.1) is 16.6 Å². The Kier molecular flexibility index (Phi) is 5.70. The van der Waals surface area contributed by atoms with Gasteiger partial charge >= 0.3 is 0 Å². The van der Waals surface area contributed by atoms with Gasteiger partial charge in [-0.3, -0.25) is 10.1 Å². The predicted molar refractivity (Wildman–Crippen MR) is 96.7 cm³/mol. The van der Waals surface area contributed by atoms with E-state index in [1.165, 1.54) is 12.1 Å². The molecule has 0 aliphatic heterocycles. The number of nitro groups is 1. The van der Waals surface area contributed by atoms with Crippen LogP contribution < -0.4 is 4.74 Å². The van der Waals surface area contributed by atoms with Crippen LogP contribution in [0.4, 0.5) is 5.69 Å². The van der Waals surface area contributed by atoms with E-state index in [0.29, 0.717) is 52.5 Å². The Morgan fingerprint density at radius 1 is 1.15 bits per heavy atom. The van der Waals surface area contributed by atoms with Crippen LogP contribution in [0.3, 0.4) is 0 Å². The first-order valence-corrected chi connectivity index (χ1v) is 8.44. The van der Waals surface area contributed by atoms with Crippen molar-refractivity contribution >= 4 is 28.9 Å². The average Bonchev–Trinajstić information content (AvgIpc) is 3.09. The van der Waals surface area contributed by atoms with E-state index in [-0.39, 0.29) is 5.69 Å². The van der Waals surface area contributed by atoms with Gasteiger partial charge < -0.3 is 9.26 Å². The van der Waals surface area contributed by atoms with E-state index in [1.807, 2.05) is 0 Å². The summed E-state index contributed by atoms with van der Waals surface area (Å²) in [4.78, 5) is 14.5. The fourth-order valence-electron chi connectivity index (χ4n) is 2.20. The van der Waals surface area contributed by atoms with Crippen molar-refractivity contribution in [1.29, 1.82) is 0 Å². The number of aryl methyl sites for hydroxylation is 1. The molecule has 0 saturated heterocycles. The Hall–Kier alpha value is -2.64. The lowest BCUT2D eigenvalue weighted by molar-refractivity contribution is -0.384. The number of nitrogens with zero attached hydrogens (tertiary/aromatic N) is 3. The van der Waals surface area contributed by atoms with Crippen molar-refractivity contribution in [2.45, 2.75) is 12.8 Å². The molecule has 0 unspecified atom stereocenters.